The molecule has 0 saturated carbocycles. The fourth-order valence-electron chi connectivity index (χ4n) is 3.46. The Hall–Kier alpha value is -1.37. The van der Waals surface area contributed by atoms with E-state index < -0.39 is 17.9 Å². The molecule has 1 saturated heterocycles. The van der Waals surface area contributed by atoms with Crippen LogP contribution in [0.15, 0.2) is 30.3 Å². The Bertz CT molecular complexity index is 676. The fraction of sp³-hybridized carbons (Fsp3) is 0.550. The number of aliphatic carboxylic acids is 3. The molecule has 1 aromatic rings. The predicted molar refractivity (Wildman–Crippen MR) is 103 cm³/mol. The maximum absolute atomic E-state index is 11.1. The maximum Gasteiger partial charge on any atom is 3.00 e. The SMILES string of the molecule is O=C([O-])CN1CCN(CC(=O)[O-])CCN(c2ccccc2)CCN(CC(=O)[O-])CC1.[Gd+3]. The second-order valence-corrected chi connectivity index (χ2v) is 7.27. The number of carbonyl (C=O) groups is 3. The molecule has 1 radical (unpaired) electrons. The molecule has 0 spiro atoms. The minimum Gasteiger partial charge on any atom is -0.549 e. The van der Waals surface area contributed by atoms with Gasteiger partial charge in [-0.15, -0.1) is 0 Å². The second kappa shape index (κ2) is 14.7. The average Bonchev–Trinajstić information content (AvgIpc) is 2.67. The zero-order valence-electron chi connectivity index (χ0n) is 17.3. The Labute approximate surface area is 214 Å². The largest absolute Gasteiger partial charge is 3.00 e. The van der Waals surface area contributed by atoms with E-state index in [0.717, 1.165) is 5.69 Å². The summed E-state index contributed by atoms with van der Waals surface area (Å²) < 4.78 is 0. The van der Waals surface area contributed by atoms with Crippen molar-refractivity contribution >= 4 is 23.6 Å². The van der Waals surface area contributed by atoms with Gasteiger partial charge in [0.25, 0.3) is 0 Å². The van der Waals surface area contributed by atoms with E-state index in [1.807, 2.05) is 30.3 Å². The molecule has 10 nitrogen and oxygen atoms in total. The van der Waals surface area contributed by atoms with Gasteiger partial charge in [-0.3, -0.25) is 14.7 Å². The van der Waals surface area contributed by atoms with Crippen molar-refractivity contribution in [2.45, 2.75) is 0 Å². The van der Waals surface area contributed by atoms with Crippen LogP contribution in [0.1, 0.15) is 0 Å². The Morgan fingerprint density at radius 1 is 0.613 bits per heavy atom. The van der Waals surface area contributed by atoms with Gasteiger partial charge in [-0.05, 0) is 12.1 Å². The van der Waals surface area contributed by atoms with Gasteiger partial charge in [-0.25, -0.2) is 0 Å². The van der Waals surface area contributed by atoms with E-state index in [-0.39, 0.29) is 59.6 Å². The summed E-state index contributed by atoms with van der Waals surface area (Å²) in [6.07, 6.45) is 0. The van der Waals surface area contributed by atoms with Gasteiger partial charge in [0.05, 0.1) is 17.9 Å². The van der Waals surface area contributed by atoms with Crippen LogP contribution in [0.3, 0.4) is 0 Å². The van der Waals surface area contributed by atoms with E-state index in [1.54, 1.807) is 14.7 Å². The predicted octanol–water partition coefficient (Wildman–Crippen LogP) is -4.34. The summed E-state index contributed by atoms with van der Waals surface area (Å²) in [6, 6.07) is 9.60. The quantitative estimate of drug-likeness (QED) is 0.314. The minimum atomic E-state index is -1.24. The second-order valence-electron chi connectivity index (χ2n) is 7.27. The van der Waals surface area contributed by atoms with Crippen molar-refractivity contribution < 1.29 is 69.6 Å². The number of benzene rings is 1. The number of hydrogen-bond donors (Lipinski definition) is 0. The van der Waals surface area contributed by atoms with Crippen LogP contribution in [0.25, 0.3) is 0 Å². The maximum atomic E-state index is 11.1. The molecule has 0 atom stereocenters. The number of carboxylic acid groups (broad SMARTS) is 3. The standard InChI is InChI=1S/C20H30N4O6.Gd/c25-18(26)14-21-6-8-22(15-19(27)28)10-12-24(17-4-2-1-3-5-17)13-11-23(9-7-21)16-20(29)30;/h1-5H,6-16H2,(H,25,26)(H,27,28)(H,29,30);/q;+3/p-3. The average molecular weight is 577 g/mol. The van der Waals surface area contributed by atoms with Crippen LogP contribution in [0.5, 0.6) is 0 Å². The molecule has 31 heavy (non-hydrogen) atoms. The van der Waals surface area contributed by atoms with Gasteiger partial charge in [0.1, 0.15) is 0 Å². The molecule has 1 fully saturated rings. The summed E-state index contributed by atoms with van der Waals surface area (Å²) >= 11 is 0. The number of rotatable bonds is 7. The van der Waals surface area contributed by atoms with E-state index in [0.29, 0.717) is 52.4 Å². The van der Waals surface area contributed by atoms with Crippen molar-refractivity contribution in [2.75, 3.05) is 76.9 Å². The molecule has 171 valence electrons. The molecule has 0 aromatic heterocycles. The molecule has 0 amide bonds. The van der Waals surface area contributed by atoms with Crippen molar-refractivity contribution in [1.82, 2.24) is 14.7 Å². The molecule has 0 N–H and O–H groups in total. The number of anilines is 1. The van der Waals surface area contributed by atoms with Gasteiger partial charge < -0.3 is 34.6 Å². The first kappa shape index (κ1) is 27.7. The van der Waals surface area contributed by atoms with Crippen molar-refractivity contribution in [3.05, 3.63) is 30.3 Å². The summed E-state index contributed by atoms with van der Waals surface area (Å²) in [6.45, 7) is 2.40. The third-order valence-corrected chi connectivity index (χ3v) is 5.02. The van der Waals surface area contributed by atoms with Gasteiger partial charge in [-0.1, -0.05) is 18.2 Å². The fourth-order valence-corrected chi connectivity index (χ4v) is 3.46. The van der Waals surface area contributed by atoms with Crippen molar-refractivity contribution in [3.63, 3.8) is 0 Å². The molecule has 0 bridgehead atoms. The first-order valence-corrected chi connectivity index (χ1v) is 9.90. The topological polar surface area (TPSA) is 133 Å². The van der Waals surface area contributed by atoms with Crippen molar-refractivity contribution in [3.8, 4) is 0 Å². The zero-order valence-corrected chi connectivity index (χ0v) is 19.5. The van der Waals surface area contributed by atoms with Crippen LogP contribution in [0.4, 0.5) is 5.69 Å². The van der Waals surface area contributed by atoms with Crippen LogP contribution in [0.2, 0.25) is 0 Å². The minimum absolute atomic E-state index is 0. The van der Waals surface area contributed by atoms with Gasteiger partial charge in [0.2, 0.25) is 0 Å². The summed E-state index contributed by atoms with van der Waals surface area (Å²) in [4.78, 5) is 40.5. The van der Waals surface area contributed by atoms with E-state index in [4.69, 9.17) is 0 Å². The first-order valence-electron chi connectivity index (χ1n) is 9.90. The first-order chi connectivity index (χ1) is 14.3. The summed E-state index contributed by atoms with van der Waals surface area (Å²) in [5.74, 6) is -3.63. The van der Waals surface area contributed by atoms with Crippen molar-refractivity contribution in [2.24, 2.45) is 0 Å². The van der Waals surface area contributed by atoms with E-state index in [1.165, 1.54) is 0 Å². The molecule has 1 aliphatic heterocycles. The Morgan fingerprint density at radius 3 is 1.26 bits per heavy atom. The molecule has 1 aromatic carbocycles. The van der Waals surface area contributed by atoms with Gasteiger partial charge in [-0.2, -0.15) is 0 Å². The molecule has 0 aliphatic carbocycles. The Morgan fingerprint density at radius 2 is 0.935 bits per heavy atom. The molecular formula is C20H27GdN4O6. The molecular weight excluding hydrogens is 549 g/mol. The molecule has 2 rings (SSSR count). The van der Waals surface area contributed by atoms with Gasteiger partial charge in [0.15, 0.2) is 0 Å². The normalized spacial score (nSPS) is 17.7. The Balaban J connectivity index is 0.00000480. The van der Waals surface area contributed by atoms with E-state index in [2.05, 4.69) is 4.90 Å². The van der Waals surface area contributed by atoms with Crippen molar-refractivity contribution in [1.29, 1.82) is 0 Å². The van der Waals surface area contributed by atoms with Crippen LogP contribution < -0.4 is 20.2 Å². The summed E-state index contributed by atoms with van der Waals surface area (Å²) in [5.41, 5.74) is 0.954. The molecule has 1 aliphatic rings. The summed E-state index contributed by atoms with van der Waals surface area (Å²) in [7, 11) is 0. The smallest absolute Gasteiger partial charge is 0.549 e. The van der Waals surface area contributed by atoms with Crippen LogP contribution >= 0.6 is 0 Å². The number of hydrogen-bond acceptors (Lipinski definition) is 10. The third kappa shape index (κ3) is 11.2. The van der Waals surface area contributed by atoms with Gasteiger partial charge in [0, 0.05) is 77.7 Å². The molecule has 1 heterocycles. The van der Waals surface area contributed by atoms with Crippen LogP contribution in [-0.2, 0) is 14.4 Å². The summed E-state index contributed by atoms with van der Waals surface area (Å²) in [5, 5.41) is 33.4. The number of nitrogens with zero attached hydrogens (tertiary/aromatic N) is 4. The van der Waals surface area contributed by atoms with E-state index >= 15 is 0 Å². The van der Waals surface area contributed by atoms with Crippen LogP contribution in [0, 0.1) is 39.9 Å². The Kier molecular flexibility index (Phi) is 13.1. The van der Waals surface area contributed by atoms with Gasteiger partial charge >= 0.3 is 39.9 Å². The molecule has 0 unspecified atom stereocenters. The zero-order chi connectivity index (χ0) is 21.9. The van der Waals surface area contributed by atoms with Crippen LogP contribution in [-0.4, -0.2) is 105 Å². The third-order valence-electron chi connectivity index (χ3n) is 5.02. The monoisotopic (exact) mass is 577 g/mol. The number of carbonyl (C=O) groups excluding carboxylic acids is 3. The number of carboxylic acids is 3. The molecule has 11 heteroatoms. The number of para-hydroxylation sites is 1. The van der Waals surface area contributed by atoms with E-state index in [9.17, 15) is 29.7 Å².